The Morgan fingerprint density at radius 2 is 1.61 bits per heavy atom. The molecule has 0 bridgehead atoms. The van der Waals surface area contributed by atoms with E-state index >= 15 is 0 Å². The van der Waals surface area contributed by atoms with Crippen molar-refractivity contribution in [3.63, 3.8) is 0 Å². The molecule has 0 fully saturated rings. The molecule has 3 nitrogen and oxygen atoms in total. The van der Waals surface area contributed by atoms with Crippen molar-refractivity contribution in [2.75, 3.05) is 0 Å². The lowest BCUT2D eigenvalue weighted by molar-refractivity contribution is 1.07. The second-order valence-electron chi connectivity index (χ2n) is 3.86. The molecule has 0 aliphatic carbocycles. The van der Waals surface area contributed by atoms with Crippen LogP contribution in [0.3, 0.4) is 0 Å². The van der Waals surface area contributed by atoms with Gasteiger partial charge in [-0.2, -0.15) is 5.10 Å². The molecule has 0 unspecified atom stereocenters. The average Bonchev–Trinajstić information content (AvgIpc) is 2.83. The van der Waals surface area contributed by atoms with Crippen molar-refractivity contribution in [2.45, 2.75) is 0 Å². The molecule has 0 amide bonds. The van der Waals surface area contributed by atoms with Gasteiger partial charge in [0.05, 0.1) is 0 Å². The molecule has 88 valence electrons. The van der Waals surface area contributed by atoms with Crippen molar-refractivity contribution in [1.82, 2.24) is 15.2 Å². The monoisotopic (exact) mass is 299 g/mol. The summed E-state index contributed by atoms with van der Waals surface area (Å²) in [6, 6.07) is 14.1. The van der Waals surface area contributed by atoms with Crippen molar-refractivity contribution >= 4 is 15.9 Å². The summed E-state index contributed by atoms with van der Waals surface area (Å²) in [5, 5.41) is 7.35. The Labute approximate surface area is 113 Å². The fourth-order valence-electron chi connectivity index (χ4n) is 1.91. The SMILES string of the molecule is Brc1[nH]nc(-c2ccccc2)c1-c1ccncc1. The molecule has 2 heterocycles. The predicted octanol–water partition coefficient (Wildman–Crippen LogP) is 3.90. The molecule has 0 saturated heterocycles. The molecule has 1 aromatic carbocycles. The number of nitrogens with one attached hydrogen (secondary N) is 1. The molecule has 1 N–H and O–H groups in total. The van der Waals surface area contributed by atoms with Gasteiger partial charge >= 0.3 is 0 Å². The molecule has 0 saturated carbocycles. The number of hydrogen-bond acceptors (Lipinski definition) is 2. The van der Waals surface area contributed by atoms with E-state index in [0.29, 0.717) is 0 Å². The third-order valence-corrected chi connectivity index (χ3v) is 3.31. The van der Waals surface area contributed by atoms with Gasteiger partial charge in [0, 0.05) is 23.5 Å². The second-order valence-corrected chi connectivity index (χ2v) is 4.66. The van der Waals surface area contributed by atoms with Gasteiger partial charge in [-0.05, 0) is 33.6 Å². The normalized spacial score (nSPS) is 10.5. The summed E-state index contributed by atoms with van der Waals surface area (Å²) in [5.41, 5.74) is 4.17. The van der Waals surface area contributed by atoms with Crippen LogP contribution in [0.15, 0.2) is 59.5 Å². The van der Waals surface area contributed by atoms with Crippen LogP contribution in [0.4, 0.5) is 0 Å². The quantitative estimate of drug-likeness (QED) is 0.780. The summed E-state index contributed by atoms with van der Waals surface area (Å²) in [4.78, 5) is 4.04. The lowest BCUT2D eigenvalue weighted by atomic mass is 10.0. The molecular formula is C14H10BrN3. The van der Waals surface area contributed by atoms with Gasteiger partial charge in [-0.15, -0.1) is 0 Å². The number of rotatable bonds is 2. The lowest BCUT2D eigenvalue weighted by Gasteiger charge is -2.03. The molecule has 0 spiro atoms. The molecule has 0 aliphatic heterocycles. The summed E-state index contributed by atoms with van der Waals surface area (Å²) in [6.07, 6.45) is 3.56. The van der Waals surface area contributed by atoms with Crippen LogP contribution in [-0.4, -0.2) is 15.2 Å². The van der Waals surface area contributed by atoms with E-state index in [2.05, 4.69) is 31.1 Å². The molecular weight excluding hydrogens is 290 g/mol. The summed E-state index contributed by atoms with van der Waals surface area (Å²) >= 11 is 3.51. The number of halogens is 1. The molecule has 3 aromatic rings. The fourth-order valence-corrected chi connectivity index (χ4v) is 2.41. The van der Waals surface area contributed by atoms with Gasteiger partial charge in [-0.3, -0.25) is 10.1 Å². The minimum atomic E-state index is 0.882. The van der Waals surface area contributed by atoms with Crippen LogP contribution in [0.2, 0.25) is 0 Å². The van der Waals surface area contributed by atoms with Crippen LogP contribution in [0.1, 0.15) is 0 Å². The number of aromatic nitrogens is 3. The number of benzene rings is 1. The van der Waals surface area contributed by atoms with E-state index in [9.17, 15) is 0 Å². The number of hydrogen-bond donors (Lipinski definition) is 1. The molecule has 0 atom stereocenters. The first-order valence-electron chi connectivity index (χ1n) is 5.56. The first-order valence-corrected chi connectivity index (χ1v) is 6.35. The average molecular weight is 300 g/mol. The van der Waals surface area contributed by atoms with E-state index in [1.807, 2.05) is 42.5 Å². The van der Waals surface area contributed by atoms with Crippen molar-refractivity contribution in [3.8, 4) is 22.4 Å². The van der Waals surface area contributed by atoms with Gasteiger partial charge in [0.25, 0.3) is 0 Å². The van der Waals surface area contributed by atoms with Crippen molar-refractivity contribution in [1.29, 1.82) is 0 Å². The predicted molar refractivity (Wildman–Crippen MR) is 75.0 cm³/mol. The van der Waals surface area contributed by atoms with Crippen molar-refractivity contribution in [2.24, 2.45) is 0 Å². The van der Waals surface area contributed by atoms with Gasteiger partial charge in [0.1, 0.15) is 10.3 Å². The zero-order valence-corrected chi connectivity index (χ0v) is 11.1. The molecule has 18 heavy (non-hydrogen) atoms. The van der Waals surface area contributed by atoms with Crippen molar-refractivity contribution < 1.29 is 0 Å². The Bertz CT molecular complexity index is 647. The third kappa shape index (κ3) is 1.95. The highest BCUT2D eigenvalue weighted by molar-refractivity contribution is 9.10. The first kappa shape index (κ1) is 11.2. The Morgan fingerprint density at radius 1 is 0.889 bits per heavy atom. The number of pyridine rings is 1. The molecule has 3 rings (SSSR count). The summed E-state index contributed by atoms with van der Waals surface area (Å²) in [6.45, 7) is 0. The van der Waals surface area contributed by atoms with Gasteiger partial charge in [-0.1, -0.05) is 30.3 Å². The maximum absolute atomic E-state index is 4.37. The molecule has 2 aromatic heterocycles. The largest absolute Gasteiger partial charge is 0.270 e. The van der Waals surface area contributed by atoms with E-state index < -0.39 is 0 Å². The molecule has 4 heteroatoms. The van der Waals surface area contributed by atoms with Crippen LogP contribution >= 0.6 is 15.9 Å². The third-order valence-electron chi connectivity index (χ3n) is 2.74. The van der Waals surface area contributed by atoms with E-state index in [0.717, 1.165) is 27.0 Å². The van der Waals surface area contributed by atoms with Gasteiger partial charge in [0.2, 0.25) is 0 Å². The maximum atomic E-state index is 4.37. The van der Waals surface area contributed by atoms with E-state index in [1.165, 1.54) is 0 Å². The van der Waals surface area contributed by atoms with Gasteiger partial charge in [-0.25, -0.2) is 0 Å². The second kappa shape index (κ2) is 4.74. The first-order chi connectivity index (χ1) is 8.86. The van der Waals surface area contributed by atoms with Crippen LogP contribution in [0.25, 0.3) is 22.4 Å². The highest BCUT2D eigenvalue weighted by atomic mass is 79.9. The zero-order chi connectivity index (χ0) is 12.4. The minimum absolute atomic E-state index is 0.882. The summed E-state index contributed by atoms with van der Waals surface area (Å²) in [7, 11) is 0. The van der Waals surface area contributed by atoms with E-state index in [1.54, 1.807) is 12.4 Å². The van der Waals surface area contributed by atoms with Gasteiger partial charge < -0.3 is 0 Å². The Morgan fingerprint density at radius 3 is 2.33 bits per heavy atom. The maximum Gasteiger partial charge on any atom is 0.109 e. The van der Waals surface area contributed by atoms with Crippen molar-refractivity contribution in [3.05, 3.63) is 59.5 Å². The van der Waals surface area contributed by atoms with E-state index in [-0.39, 0.29) is 0 Å². The zero-order valence-electron chi connectivity index (χ0n) is 9.47. The molecule has 0 radical (unpaired) electrons. The van der Waals surface area contributed by atoms with Crippen LogP contribution in [-0.2, 0) is 0 Å². The van der Waals surface area contributed by atoms with Crippen LogP contribution < -0.4 is 0 Å². The lowest BCUT2D eigenvalue weighted by Crippen LogP contribution is -1.83. The highest BCUT2D eigenvalue weighted by Gasteiger charge is 2.14. The highest BCUT2D eigenvalue weighted by Crippen LogP contribution is 2.35. The fraction of sp³-hybridized carbons (Fsp3) is 0. The number of aromatic amines is 1. The van der Waals surface area contributed by atoms with E-state index in [4.69, 9.17) is 0 Å². The topological polar surface area (TPSA) is 41.6 Å². The van der Waals surface area contributed by atoms with Crippen LogP contribution in [0, 0.1) is 0 Å². The summed E-state index contributed by atoms with van der Waals surface area (Å²) < 4.78 is 0.882. The smallest absolute Gasteiger partial charge is 0.109 e. The standard InChI is InChI=1S/C14H10BrN3/c15-14-12(10-6-8-16-9-7-10)13(17-18-14)11-4-2-1-3-5-11/h1-9H,(H,17,18). The van der Waals surface area contributed by atoms with Crippen LogP contribution in [0.5, 0.6) is 0 Å². The number of H-pyrrole nitrogens is 1. The summed E-state index contributed by atoms with van der Waals surface area (Å²) in [5.74, 6) is 0. The number of nitrogens with zero attached hydrogens (tertiary/aromatic N) is 2. The van der Waals surface area contributed by atoms with Gasteiger partial charge in [0.15, 0.2) is 0 Å². The molecule has 0 aliphatic rings. The minimum Gasteiger partial charge on any atom is -0.270 e. The Balaban J connectivity index is 2.19. The Kier molecular flexibility index (Phi) is 2.94. The Hall–Kier alpha value is -1.94.